The Bertz CT molecular complexity index is 760. The first-order valence-corrected chi connectivity index (χ1v) is 8.29. The molecule has 132 valence electrons. The predicted molar refractivity (Wildman–Crippen MR) is 95.5 cm³/mol. The van der Waals surface area contributed by atoms with Crippen LogP contribution < -0.4 is 14.5 Å². The fourth-order valence-electron chi connectivity index (χ4n) is 2.93. The van der Waals surface area contributed by atoms with Gasteiger partial charge in [-0.2, -0.15) is 0 Å². The highest BCUT2D eigenvalue weighted by molar-refractivity contribution is 5.54. The van der Waals surface area contributed by atoms with Crippen LogP contribution in [-0.2, 0) is 0 Å². The normalized spacial score (nSPS) is 14.5. The van der Waals surface area contributed by atoms with Gasteiger partial charge < -0.3 is 14.5 Å². The molecular formula is C17H21N5O3. The van der Waals surface area contributed by atoms with Gasteiger partial charge in [-0.25, -0.2) is 9.97 Å². The first-order chi connectivity index (χ1) is 12.1. The van der Waals surface area contributed by atoms with Gasteiger partial charge in [0.15, 0.2) is 11.6 Å². The van der Waals surface area contributed by atoms with Crippen molar-refractivity contribution in [2.75, 3.05) is 42.6 Å². The van der Waals surface area contributed by atoms with Gasteiger partial charge in [0.05, 0.1) is 11.5 Å². The Morgan fingerprint density at radius 1 is 1.24 bits per heavy atom. The third-order valence-electron chi connectivity index (χ3n) is 4.22. The monoisotopic (exact) mass is 343 g/mol. The number of hydrogen-bond acceptors (Lipinski definition) is 7. The molecule has 8 nitrogen and oxygen atoms in total. The zero-order chi connectivity index (χ0) is 17.8. The standard InChI is InChI=1S/C17H21N5O3/c1-3-25-15-5-4-6-18-17(15)21-9-7-20(8-10-21)16-11-13(2)14(12-19-16)22(23)24/h4-6,11-12H,3,7-10H2,1-2H3. The number of pyridine rings is 2. The molecule has 1 fully saturated rings. The molecular weight excluding hydrogens is 322 g/mol. The van der Waals surface area contributed by atoms with Crippen molar-refractivity contribution in [3.63, 3.8) is 0 Å². The van der Waals surface area contributed by atoms with Gasteiger partial charge in [0.25, 0.3) is 5.69 Å². The smallest absolute Gasteiger partial charge is 0.290 e. The van der Waals surface area contributed by atoms with Crippen molar-refractivity contribution < 1.29 is 9.66 Å². The lowest BCUT2D eigenvalue weighted by Crippen LogP contribution is -2.47. The van der Waals surface area contributed by atoms with E-state index in [0.717, 1.165) is 43.6 Å². The zero-order valence-electron chi connectivity index (χ0n) is 14.4. The minimum atomic E-state index is -0.402. The molecule has 1 aliphatic rings. The molecule has 0 aromatic carbocycles. The van der Waals surface area contributed by atoms with Gasteiger partial charge >= 0.3 is 0 Å². The van der Waals surface area contributed by atoms with E-state index in [1.807, 2.05) is 19.1 Å². The SMILES string of the molecule is CCOc1cccnc1N1CCN(c2cc(C)c([N+](=O)[O-])cn2)CC1. The molecule has 0 atom stereocenters. The second kappa shape index (κ2) is 7.33. The van der Waals surface area contributed by atoms with Crippen LogP contribution in [0.15, 0.2) is 30.6 Å². The summed E-state index contributed by atoms with van der Waals surface area (Å²) < 4.78 is 5.66. The highest BCUT2D eigenvalue weighted by atomic mass is 16.6. The Morgan fingerprint density at radius 3 is 2.60 bits per heavy atom. The molecule has 1 aliphatic heterocycles. The van der Waals surface area contributed by atoms with Gasteiger partial charge in [-0.3, -0.25) is 10.1 Å². The van der Waals surface area contributed by atoms with Crippen molar-refractivity contribution in [3.8, 4) is 5.75 Å². The van der Waals surface area contributed by atoms with Gasteiger partial charge in [-0.1, -0.05) is 0 Å². The van der Waals surface area contributed by atoms with Crippen molar-refractivity contribution in [3.05, 3.63) is 46.3 Å². The molecule has 0 amide bonds. The molecule has 2 aromatic rings. The first-order valence-electron chi connectivity index (χ1n) is 8.29. The van der Waals surface area contributed by atoms with Gasteiger partial charge in [0, 0.05) is 37.9 Å². The average molecular weight is 343 g/mol. The Balaban J connectivity index is 1.70. The number of aryl methyl sites for hydroxylation is 1. The van der Waals surface area contributed by atoms with Crippen LogP contribution in [0.3, 0.4) is 0 Å². The van der Waals surface area contributed by atoms with Gasteiger partial charge in [0.2, 0.25) is 0 Å². The van der Waals surface area contributed by atoms with Gasteiger partial charge in [0.1, 0.15) is 12.0 Å². The van der Waals surface area contributed by atoms with Gasteiger partial charge in [-0.05, 0) is 32.0 Å². The van der Waals surface area contributed by atoms with Crippen LogP contribution in [-0.4, -0.2) is 47.7 Å². The lowest BCUT2D eigenvalue weighted by atomic mass is 10.2. The minimum absolute atomic E-state index is 0.0530. The predicted octanol–water partition coefficient (Wildman–Crippen LogP) is 2.42. The second-order valence-electron chi connectivity index (χ2n) is 5.82. The maximum Gasteiger partial charge on any atom is 0.290 e. The largest absolute Gasteiger partial charge is 0.490 e. The number of nitro groups is 1. The highest BCUT2D eigenvalue weighted by Gasteiger charge is 2.22. The van der Waals surface area contributed by atoms with E-state index in [1.54, 1.807) is 19.2 Å². The maximum atomic E-state index is 10.9. The molecule has 0 bridgehead atoms. The van der Waals surface area contributed by atoms with E-state index >= 15 is 0 Å². The minimum Gasteiger partial charge on any atom is -0.490 e. The number of hydrogen-bond donors (Lipinski definition) is 0. The average Bonchev–Trinajstić information content (AvgIpc) is 2.62. The molecule has 8 heteroatoms. The fourth-order valence-corrected chi connectivity index (χ4v) is 2.93. The summed E-state index contributed by atoms with van der Waals surface area (Å²) in [4.78, 5) is 23.6. The molecule has 0 radical (unpaired) electrons. The number of anilines is 2. The number of rotatable bonds is 5. The highest BCUT2D eigenvalue weighted by Crippen LogP contribution is 2.27. The van der Waals surface area contributed by atoms with Crippen molar-refractivity contribution in [1.29, 1.82) is 0 Å². The van der Waals surface area contributed by atoms with Crippen LogP contribution in [0.4, 0.5) is 17.3 Å². The topological polar surface area (TPSA) is 84.6 Å². The van der Waals surface area contributed by atoms with Crippen LogP contribution in [0.2, 0.25) is 0 Å². The quantitative estimate of drug-likeness (QED) is 0.609. The van der Waals surface area contributed by atoms with Crippen LogP contribution in [0, 0.1) is 17.0 Å². The van der Waals surface area contributed by atoms with E-state index < -0.39 is 4.92 Å². The summed E-state index contributed by atoms with van der Waals surface area (Å²) in [5.41, 5.74) is 0.679. The third kappa shape index (κ3) is 3.62. The molecule has 2 aromatic heterocycles. The van der Waals surface area contributed by atoms with E-state index in [1.165, 1.54) is 6.20 Å². The Kier molecular flexibility index (Phi) is 4.97. The molecule has 3 rings (SSSR count). The summed E-state index contributed by atoms with van der Waals surface area (Å²) >= 11 is 0. The number of aromatic nitrogens is 2. The number of piperazine rings is 1. The third-order valence-corrected chi connectivity index (χ3v) is 4.22. The van der Waals surface area contributed by atoms with E-state index in [-0.39, 0.29) is 5.69 Å². The molecule has 1 saturated heterocycles. The lowest BCUT2D eigenvalue weighted by molar-refractivity contribution is -0.385. The molecule has 0 N–H and O–H groups in total. The summed E-state index contributed by atoms with van der Waals surface area (Å²) in [5.74, 6) is 2.42. The fraction of sp³-hybridized carbons (Fsp3) is 0.412. The van der Waals surface area contributed by atoms with Crippen LogP contribution in [0.25, 0.3) is 0 Å². The summed E-state index contributed by atoms with van der Waals surface area (Å²) in [6, 6.07) is 5.58. The first kappa shape index (κ1) is 16.9. The van der Waals surface area contributed by atoms with Gasteiger partial charge in [-0.15, -0.1) is 0 Å². The van der Waals surface area contributed by atoms with Crippen molar-refractivity contribution in [2.24, 2.45) is 0 Å². The second-order valence-corrected chi connectivity index (χ2v) is 5.82. The van der Waals surface area contributed by atoms with Crippen LogP contribution in [0.1, 0.15) is 12.5 Å². The molecule has 25 heavy (non-hydrogen) atoms. The Labute approximate surface area is 146 Å². The van der Waals surface area contributed by atoms with E-state index in [0.29, 0.717) is 12.2 Å². The van der Waals surface area contributed by atoms with Crippen LogP contribution in [0.5, 0.6) is 5.75 Å². The Hall–Kier alpha value is -2.90. The summed E-state index contributed by atoms with van der Waals surface area (Å²) in [6.45, 7) is 7.41. The number of nitrogens with zero attached hydrogens (tertiary/aromatic N) is 5. The van der Waals surface area contributed by atoms with E-state index in [9.17, 15) is 10.1 Å². The van der Waals surface area contributed by atoms with Crippen molar-refractivity contribution in [1.82, 2.24) is 9.97 Å². The maximum absolute atomic E-state index is 10.9. The van der Waals surface area contributed by atoms with E-state index in [2.05, 4.69) is 19.8 Å². The lowest BCUT2D eigenvalue weighted by Gasteiger charge is -2.36. The van der Waals surface area contributed by atoms with Crippen LogP contribution >= 0.6 is 0 Å². The molecule has 0 spiro atoms. The molecule has 0 unspecified atom stereocenters. The number of ether oxygens (including phenoxy) is 1. The molecule has 0 saturated carbocycles. The summed E-state index contributed by atoms with van der Waals surface area (Å²) in [5, 5.41) is 10.9. The van der Waals surface area contributed by atoms with Crippen molar-refractivity contribution in [2.45, 2.75) is 13.8 Å². The Morgan fingerprint density at radius 2 is 1.96 bits per heavy atom. The summed E-state index contributed by atoms with van der Waals surface area (Å²) in [7, 11) is 0. The molecule has 3 heterocycles. The zero-order valence-corrected chi connectivity index (χ0v) is 14.4. The van der Waals surface area contributed by atoms with E-state index in [4.69, 9.17) is 4.74 Å². The molecule has 0 aliphatic carbocycles. The summed E-state index contributed by atoms with van der Waals surface area (Å²) in [6.07, 6.45) is 3.11. The van der Waals surface area contributed by atoms with Crippen molar-refractivity contribution >= 4 is 17.3 Å².